The Morgan fingerprint density at radius 2 is 1.50 bits per heavy atom. The van der Waals surface area contributed by atoms with Crippen molar-refractivity contribution >= 4 is 8.56 Å². The Bertz CT molecular complexity index is 113. The van der Waals surface area contributed by atoms with Crippen LogP contribution in [0, 0.1) is 0 Å². The molecule has 0 aromatic carbocycles. The molecule has 2 heterocycles. The molecule has 0 aliphatic carbocycles. The molecule has 0 amide bonds. The fraction of sp³-hybridized carbons (Fsp3) is 1.00. The van der Waals surface area contributed by atoms with Crippen LogP contribution in [0.15, 0.2) is 0 Å². The van der Waals surface area contributed by atoms with Gasteiger partial charge in [0.2, 0.25) is 0 Å². The van der Waals surface area contributed by atoms with Gasteiger partial charge in [-0.2, -0.15) is 0 Å². The largest absolute Gasteiger partial charge is 0.394 e. The van der Waals surface area contributed by atoms with Crippen molar-refractivity contribution in [2.45, 2.75) is 31.4 Å². The molecule has 0 radical (unpaired) electrons. The first-order valence-electron chi connectivity index (χ1n) is 4.19. The van der Waals surface area contributed by atoms with Crippen LogP contribution in [-0.4, -0.2) is 21.8 Å². The average molecular weight is 158 g/mol. The lowest BCUT2D eigenvalue weighted by Gasteiger charge is -2.28. The first-order valence-corrected chi connectivity index (χ1v) is 6.42. The predicted molar refractivity (Wildman–Crippen MR) is 41.1 cm³/mol. The van der Waals surface area contributed by atoms with Crippen molar-refractivity contribution in [1.82, 2.24) is 0 Å². The molecule has 2 aliphatic heterocycles. The third-order valence-corrected chi connectivity index (χ3v) is 6.08. The van der Waals surface area contributed by atoms with Gasteiger partial charge >= 0.3 is 8.56 Å². The highest BCUT2D eigenvalue weighted by Crippen LogP contribution is 2.32. The predicted octanol–water partition coefficient (Wildman–Crippen LogP) is 1.66. The number of rotatable bonds is 0. The highest BCUT2D eigenvalue weighted by atomic mass is 28.4. The Kier molecular flexibility index (Phi) is 1.80. The van der Waals surface area contributed by atoms with E-state index in [9.17, 15) is 0 Å². The standard InChI is InChI=1S/C7H14O2Si/c1-2-6-10(8-4-1)7-3-5-9-10/h1-7H2. The van der Waals surface area contributed by atoms with Gasteiger partial charge in [0.05, 0.1) is 0 Å². The Morgan fingerprint density at radius 3 is 2.10 bits per heavy atom. The third kappa shape index (κ3) is 1.13. The Morgan fingerprint density at radius 1 is 0.800 bits per heavy atom. The molecule has 2 nitrogen and oxygen atoms in total. The summed E-state index contributed by atoms with van der Waals surface area (Å²) in [7, 11) is -1.52. The molecule has 0 saturated carbocycles. The average Bonchev–Trinajstić information content (AvgIpc) is 2.39. The van der Waals surface area contributed by atoms with E-state index in [1.165, 1.54) is 31.4 Å². The lowest BCUT2D eigenvalue weighted by atomic mass is 10.4. The summed E-state index contributed by atoms with van der Waals surface area (Å²) in [6, 6.07) is 2.51. The van der Waals surface area contributed by atoms with Crippen LogP contribution in [0.3, 0.4) is 0 Å². The van der Waals surface area contributed by atoms with Crippen LogP contribution in [-0.2, 0) is 8.85 Å². The van der Waals surface area contributed by atoms with Crippen molar-refractivity contribution in [3.63, 3.8) is 0 Å². The van der Waals surface area contributed by atoms with Crippen LogP contribution in [0.2, 0.25) is 12.1 Å². The van der Waals surface area contributed by atoms with Crippen LogP contribution in [0.1, 0.15) is 19.3 Å². The molecular weight excluding hydrogens is 144 g/mol. The van der Waals surface area contributed by atoms with E-state index in [0.717, 1.165) is 13.2 Å². The summed E-state index contributed by atoms with van der Waals surface area (Å²) in [5, 5.41) is 0. The molecule has 3 heteroatoms. The molecule has 2 rings (SSSR count). The summed E-state index contributed by atoms with van der Waals surface area (Å²) in [6.07, 6.45) is 3.83. The molecule has 1 atom stereocenters. The number of hydrogen-bond acceptors (Lipinski definition) is 2. The van der Waals surface area contributed by atoms with Crippen molar-refractivity contribution in [3.05, 3.63) is 0 Å². The maximum Gasteiger partial charge on any atom is 0.338 e. The van der Waals surface area contributed by atoms with Crippen molar-refractivity contribution in [3.8, 4) is 0 Å². The molecule has 0 N–H and O–H groups in total. The van der Waals surface area contributed by atoms with Gasteiger partial charge in [-0.1, -0.05) is 0 Å². The Hall–Kier alpha value is 0.137. The summed E-state index contributed by atoms with van der Waals surface area (Å²) >= 11 is 0. The fourth-order valence-corrected chi connectivity index (χ4v) is 5.22. The van der Waals surface area contributed by atoms with E-state index < -0.39 is 8.56 Å². The van der Waals surface area contributed by atoms with E-state index in [-0.39, 0.29) is 0 Å². The van der Waals surface area contributed by atoms with Gasteiger partial charge in [-0.15, -0.1) is 0 Å². The van der Waals surface area contributed by atoms with Gasteiger partial charge < -0.3 is 8.85 Å². The molecular formula is C7H14O2Si. The molecule has 58 valence electrons. The molecule has 0 aromatic heterocycles. The maximum absolute atomic E-state index is 5.74. The van der Waals surface area contributed by atoms with E-state index in [4.69, 9.17) is 8.85 Å². The van der Waals surface area contributed by atoms with Gasteiger partial charge in [0, 0.05) is 13.2 Å². The normalized spacial score (nSPS) is 40.8. The van der Waals surface area contributed by atoms with Gasteiger partial charge in [-0.25, -0.2) is 0 Å². The SMILES string of the molecule is C1CC[Si]2(CCCO2)OC1. The molecule has 1 spiro atoms. The number of hydrogen-bond donors (Lipinski definition) is 0. The second-order valence-electron chi connectivity index (χ2n) is 3.17. The highest BCUT2D eigenvalue weighted by Gasteiger charge is 2.42. The van der Waals surface area contributed by atoms with E-state index in [2.05, 4.69) is 0 Å². The van der Waals surface area contributed by atoms with Gasteiger partial charge in [-0.3, -0.25) is 0 Å². The molecule has 2 fully saturated rings. The lowest BCUT2D eigenvalue weighted by Crippen LogP contribution is -2.40. The highest BCUT2D eigenvalue weighted by molar-refractivity contribution is 6.68. The molecule has 0 aromatic rings. The molecule has 10 heavy (non-hydrogen) atoms. The van der Waals surface area contributed by atoms with Gasteiger partial charge in [0.25, 0.3) is 0 Å². The van der Waals surface area contributed by atoms with Crippen LogP contribution in [0.4, 0.5) is 0 Å². The second-order valence-corrected chi connectivity index (χ2v) is 6.57. The molecule has 1 unspecified atom stereocenters. The zero-order chi connectivity index (χ0) is 6.86. The minimum atomic E-state index is -1.52. The summed E-state index contributed by atoms with van der Waals surface area (Å²) in [5.74, 6) is 0. The summed E-state index contributed by atoms with van der Waals surface area (Å²) in [6.45, 7) is 1.93. The van der Waals surface area contributed by atoms with Crippen LogP contribution in [0.25, 0.3) is 0 Å². The topological polar surface area (TPSA) is 18.5 Å². The van der Waals surface area contributed by atoms with Gasteiger partial charge in [-0.05, 0) is 31.4 Å². The van der Waals surface area contributed by atoms with E-state index in [1.807, 2.05) is 0 Å². The quantitative estimate of drug-likeness (QED) is 0.499. The minimum Gasteiger partial charge on any atom is -0.394 e. The van der Waals surface area contributed by atoms with Crippen molar-refractivity contribution in [1.29, 1.82) is 0 Å². The van der Waals surface area contributed by atoms with E-state index in [0.29, 0.717) is 0 Å². The first kappa shape index (κ1) is 6.82. The van der Waals surface area contributed by atoms with Crippen LogP contribution in [0.5, 0.6) is 0 Å². The van der Waals surface area contributed by atoms with Gasteiger partial charge in [0.1, 0.15) is 0 Å². The fourth-order valence-electron chi connectivity index (χ4n) is 1.81. The Labute approximate surface area is 62.8 Å². The molecule has 0 bridgehead atoms. The van der Waals surface area contributed by atoms with Crippen molar-refractivity contribution in [2.75, 3.05) is 13.2 Å². The summed E-state index contributed by atoms with van der Waals surface area (Å²) in [4.78, 5) is 0. The van der Waals surface area contributed by atoms with E-state index in [1.54, 1.807) is 0 Å². The maximum atomic E-state index is 5.74. The smallest absolute Gasteiger partial charge is 0.338 e. The van der Waals surface area contributed by atoms with Crippen LogP contribution < -0.4 is 0 Å². The third-order valence-electron chi connectivity index (χ3n) is 2.38. The summed E-state index contributed by atoms with van der Waals surface area (Å²) in [5.41, 5.74) is 0. The van der Waals surface area contributed by atoms with Gasteiger partial charge in [0.15, 0.2) is 0 Å². The van der Waals surface area contributed by atoms with Crippen LogP contribution >= 0.6 is 0 Å². The molecule has 2 aliphatic rings. The zero-order valence-corrected chi connectivity index (χ0v) is 7.27. The first-order chi connectivity index (χ1) is 4.91. The minimum absolute atomic E-state index is 0.965. The lowest BCUT2D eigenvalue weighted by molar-refractivity contribution is 0.175. The Balaban J connectivity index is 1.98. The van der Waals surface area contributed by atoms with E-state index >= 15 is 0 Å². The monoisotopic (exact) mass is 158 g/mol. The van der Waals surface area contributed by atoms with Crippen molar-refractivity contribution < 1.29 is 8.85 Å². The second kappa shape index (κ2) is 2.64. The zero-order valence-electron chi connectivity index (χ0n) is 6.27. The van der Waals surface area contributed by atoms with Crippen molar-refractivity contribution in [2.24, 2.45) is 0 Å². The summed E-state index contributed by atoms with van der Waals surface area (Å²) < 4.78 is 11.4. The molecule has 2 saturated heterocycles.